The molecule has 0 radical (unpaired) electrons. The van der Waals surface area contributed by atoms with Crippen molar-refractivity contribution in [1.82, 2.24) is 9.97 Å². The first-order valence-electron chi connectivity index (χ1n) is 48.0. The van der Waals surface area contributed by atoms with Gasteiger partial charge >= 0.3 is 24.4 Å². The largest absolute Gasteiger partial charge is 0.449 e. The summed E-state index contributed by atoms with van der Waals surface area (Å²) in [5, 5.41) is 11.8. The summed E-state index contributed by atoms with van der Waals surface area (Å²) in [6, 6.07) is 93.8. The van der Waals surface area contributed by atoms with Crippen molar-refractivity contribution in [1.29, 1.82) is 0 Å². The fourth-order valence-electron chi connectivity index (χ4n) is 21.5. The Labute approximate surface area is 777 Å². The molecule has 0 fully saturated rings. The van der Waals surface area contributed by atoms with Gasteiger partial charge in [-0.15, -0.1) is 0 Å². The summed E-state index contributed by atoms with van der Waals surface area (Å²) in [7, 11) is 0. The van der Waals surface area contributed by atoms with E-state index in [0.717, 1.165) is 170 Å². The summed E-state index contributed by atoms with van der Waals surface area (Å²) in [4.78, 5) is 69.8. The molecule has 0 saturated carbocycles. The average molecular weight is 1770 g/mol. The monoisotopic (exact) mass is 1770 g/mol. The van der Waals surface area contributed by atoms with Crippen molar-refractivity contribution < 1.29 is 42.5 Å². The molecule has 12 aromatic rings. The van der Waals surface area contributed by atoms with Crippen molar-refractivity contribution in [2.24, 2.45) is 0 Å². The number of nitrogens with one attached hydrogen (secondary N) is 4. The maximum absolute atomic E-state index is 12.6. The first kappa shape index (κ1) is 90.6. The summed E-state index contributed by atoms with van der Waals surface area (Å²) in [6.45, 7) is 19.0. The highest BCUT2D eigenvalue weighted by Crippen LogP contribution is 2.56. The first-order valence-corrected chi connectivity index (χ1v) is 48.0. The van der Waals surface area contributed by atoms with Crippen LogP contribution in [-0.2, 0) is 18.9 Å². The van der Waals surface area contributed by atoms with Crippen LogP contribution in [-0.4, -0.2) is 120 Å². The number of hydrogen-bond donors (Lipinski definition) is 4. The number of halogens is 1. The normalized spacial score (nSPS) is 19.0. The van der Waals surface area contributed by atoms with Gasteiger partial charge in [-0.2, -0.15) is 0 Å². The number of ether oxygens (including phenoxy) is 4. The van der Waals surface area contributed by atoms with Gasteiger partial charge in [-0.3, -0.25) is 21.3 Å². The van der Waals surface area contributed by atoms with Gasteiger partial charge in [-0.05, 0) is 198 Å². The van der Waals surface area contributed by atoms with Crippen LogP contribution in [0.5, 0.6) is 0 Å². The Kier molecular flexibility index (Phi) is 29.6. The van der Waals surface area contributed by atoms with E-state index in [2.05, 4.69) is 323 Å². The van der Waals surface area contributed by atoms with E-state index < -0.39 is 25.0 Å². The lowest BCUT2D eigenvalue weighted by molar-refractivity contribution is 0.152. The van der Waals surface area contributed by atoms with Gasteiger partial charge in [-0.25, -0.2) is 33.5 Å². The second-order valence-corrected chi connectivity index (χ2v) is 35.9. The highest BCUT2D eigenvalue weighted by atomic mass is 19.1. The minimum atomic E-state index is -0.692. The average Bonchev–Trinajstić information content (AvgIpc) is 0.739. The van der Waals surface area contributed by atoms with Gasteiger partial charge in [0, 0.05) is 122 Å². The van der Waals surface area contributed by atoms with E-state index in [4.69, 9.17) is 28.9 Å². The molecule has 8 aliphatic rings. The topological polar surface area (TPSA) is 192 Å². The first-order chi connectivity index (χ1) is 64.8. The maximum atomic E-state index is 12.6. The van der Waals surface area contributed by atoms with Crippen LogP contribution in [0, 0.1) is 13.8 Å². The Bertz CT molecular complexity index is 5760. The summed E-state index contributed by atoms with van der Waals surface area (Å²) in [5.41, 5.74) is 29.3. The van der Waals surface area contributed by atoms with Gasteiger partial charge in [-0.1, -0.05) is 276 Å². The van der Waals surface area contributed by atoms with Gasteiger partial charge in [0.05, 0.1) is 42.6 Å². The number of nitrogens with zero attached hydrogens (tertiary/aromatic N) is 6. The SMILES string of the molecule is CCCCOC(=O)Nc1cc2c3c(c1C)[C@H](c1ccccc1)CCN3CC[C@H]2c1ccccc1.CCCCOC(=O)Nc1cc2c3c(n1)[C@H](c1ccccc1)CCN3CC[C@H]2c1ccccc1.CCCOC(=O)Nc1cc2c3c(n1)[C@H](c1ccccc1)CCN3CC[C@H]2c1ccccc1.Cc1c(NC(=O)OCCF)cc2c3c1[C@H](c1ccccc1)CCN3CC[C@H]2c1ccccc1. The van der Waals surface area contributed by atoms with E-state index in [-0.39, 0.29) is 48.2 Å². The van der Waals surface area contributed by atoms with Crippen LogP contribution in [0.4, 0.5) is 69.3 Å². The number of alkyl halides is 1. The molecule has 0 aliphatic carbocycles. The van der Waals surface area contributed by atoms with Gasteiger partial charge in [0.15, 0.2) is 0 Å². The Balaban J connectivity index is 0.000000123. The van der Waals surface area contributed by atoms with Crippen molar-refractivity contribution in [2.45, 2.75) is 165 Å². The van der Waals surface area contributed by atoms with Crippen molar-refractivity contribution in [3.63, 3.8) is 0 Å². The van der Waals surface area contributed by atoms with Crippen LogP contribution in [0.2, 0.25) is 0 Å². The minimum Gasteiger partial charge on any atom is -0.449 e. The summed E-state index contributed by atoms with van der Waals surface area (Å²) in [5.74, 6) is 3.30. The van der Waals surface area contributed by atoms with Crippen molar-refractivity contribution >= 4 is 70.1 Å². The number of aromatic nitrogens is 2. The number of rotatable bonds is 22. The lowest BCUT2D eigenvalue weighted by Gasteiger charge is -2.44. The number of carbonyl (C=O) groups is 4. The van der Waals surface area contributed by atoms with Gasteiger partial charge in [0.25, 0.3) is 0 Å². The van der Waals surface area contributed by atoms with Crippen LogP contribution < -0.4 is 40.9 Å². The van der Waals surface area contributed by atoms with E-state index in [0.29, 0.717) is 43.3 Å². The van der Waals surface area contributed by atoms with Crippen molar-refractivity contribution in [2.75, 3.05) is 126 Å². The zero-order chi connectivity index (χ0) is 90.8. The standard InChI is InChI=1S/C30H34N2O2.C28H29FN2O2.C28H31N3O2.C27H29N3O2/c1-3-4-19-34-30(33)31-27-20-26-24(22-11-7-5-8-12-22)15-17-32-18-16-25(23-13-9-6-10-14-23)28(21(27)2)29(26)32;1-19-25(30-28(32)33-17-14-29)18-24-22(20-8-4-2-5-9-20)12-15-31-16-13-23(26(19)27(24)31)21-10-6-3-7-11-21;1-2-3-18-33-28(32)30-25-19-24-22(20-10-6-4-7-11-20)14-16-31-17-15-23(26(29-25)27(24)31)21-12-8-5-9-13-21;1-2-17-32-27(31)29-24-18-23-21(19-9-5-3-6-10-19)13-15-30-16-14-22(25(28-24)26(23)30)20-11-7-4-8-12-20/h5-14,20,24-25H,3-4,15-19H2,1-2H3,(H,31,33);2-11,18,22-23H,12-17H2,1H3,(H,30,32);4-13,19,22-23H,2-3,14-18H2,1H3,(H,29,30,32);3-12,18,21-22H,2,13-17H2,1H3,(H,28,29,31)/t24-,25-;2*22-,23-;21-,22-/m0000/s1. The zero-order valence-electron chi connectivity index (χ0n) is 76.7. The molecule has 4 N–H and O–H groups in total. The molecular weight excluding hydrogens is 1640 g/mol. The molecule has 18 nitrogen and oxygen atoms in total. The molecule has 4 amide bonds. The predicted octanol–water partition coefficient (Wildman–Crippen LogP) is 25.8. The number of amides is 4. The smallest absolute Gasteiger partial charge is 0.412 e. The number of unbranched alkanes of at least 4 members (excludes halogenated alkanes) is 2. The third-order valence-corrected chi connectivity index (χ3v) is 27.8. The molecule has 0 saturated heterocycles. The maximum Gasteiger partial charge on any atom is 0.412 e. The van der Waals surface area contributed by atoms with E-state index in [1.807, 2.05) is 19.1 Å². The van der Waals surface area contributed by atoms with Crippen LogP contribution in [0.3, 0.4) is 0 Å². The van der Waals surface area contributed by atoms with Crippen LogP contribution in [0.25, 0.3) is 0 Å². The van der Waals surface area contributed by atoms with Crippen LogP contribution in [0.15, 0.2) is 267 Å². The molecule has 10 aromatic carbocycles. The number of benzene rings is 10. The summed E-state index contributed by atoms with van der Waals surface area (Å²) < 4.78 is 33.6. The zero-order valence-corrected chi connectivity index (χ0v) is 76.7. The third kappa shape index (κ3) is 20.4. The Morgan fingerprint density at radius 3 is 0.833 bits per heavy atom. The Hall–Kier alpha value is -13.3. The number of carbonyl (C=O) groups excluding carboxylic acids is 4. The molecule has 0 unspecified atom stereocenters. The molecular formula is C113H123FN10O8. The lowest BCUT2D eigenvalue weighted by atomic mass is 9.74. The molecule has 19 heteroatoms. The second-order valence-electron chi connectivity index (χ2n) is 35.9. The second kappa shape index (κ2) is 43.2. The van der Waals surface area contributed by atoms with Gasteiger partial charge in [0.2, 0.25) is 0 Å². The lowest BCUT2D eigenvalue weighted by Crippen LogP contribution is -2.38. The molecule has 8 atom stereocenters. The molecule has 0 spiro atoms. The van der Waals surface area contributed by atoms with E-state index >= 15 is 0 Å². The molecule has 20 rings (SSSR count). The van der Waals surface area contributed by atoms with Crippen molar-refractivity contribution in [3.8, 4) is 0 Å². The highest BCUT2D eigenvalue weighted by molar-refractivity contribution is 5.91. The molecule has 680 valence electrons. The summed E-state index contributed by atoms with van der Waals surface area (Å²) in [6.07, 6.45) is 11.0. The van der Waals surface area contributed by atoms with Crippen LogP contribution in [0.1, 0.15) is 252 Å². The fraction of sp³-hybridized carbons (Fsp3) is 0.345. The predicted molar refractivity (Wildman–Crippen MR) is 529 cm³/mol. The van der Waals surface area contributed by atoms with Gasteiger partial charge < -0.3 is 38.5 Å². The molecule has 0 bridgehead atoms. The number of hydrogen-bond acceptors (Lipinski definition) is 14. The third-order valence-electron chi connectivity index (χ3n) is 27.8. The van der Waals surface area contributed by atoms with Crippen molar-refractivity contribution in [3.05, 3.63) is 367 Å². The van der Waals surface area contributed by atoms with E-state index in [9.17, 15) is 23.6 Å². The van der Waals surface area contributed by atoms with Gasteiger partial charge in [0.1, 0.15) is 24.9 Å². The fourth-order valence-corrected chi connectivity index (χ4v) is 21.5. The molecule has 8 aliphatic heterocycles. The van der Waals surface area contributed by atoms with Crippen LogP contribution >= 0.6 is 0 Å². The Morgan fingerprint density at radius 1 is 0.303 bits per heavy atom. The minimum absolute atomic E-state index is 0.212. The quantitative estimate of drug-likeness (QED) is 0.0370. The summed E-state index contributed by atoms with van der Waals surface area (Å²) >= 11 is 0. The van der Waals surface area contributed by atoms with E-state index in [1.54, 1.807) is 0 Å². The number of pyridine rings is 2. The molecule has 2 aromatic heterocycles. The molecule has 132 heavy (non-hydrogen) atoms. The number of anilines is 8. The Morgan fingerprint density at radius 2 is 0.545 bits per heavy atom. The van der Waals surface area contributed by atoms with E-state index in [1.165, 1.54) is 101 Å². The molecule has 10 heterocycles. The highest BCUT2D eigenvalue weighted by Gasteiger charge is 2.42.